The number of benzene rings is 2. The molecule has 0 unspecified atom stereocenters. The lowest BCUT2D eigenvalue weighted by atomic mass is 10.2. The zero-order chi connectivity index (χ0) is 20.9. The number of carbonyl (C=O) groups excluding carboxylic acids is 1. The van der Waals surface area contributed by atoms with Gasteiger partial charge in [-0.05, 0) is 43.7 Å². The lowest BCUT2D eigenvalue weighted by Crippen LogP contribution is -2.36. The molecule has 0 heterocycles. The Morgan fingerprint density at radius 3 is 2.36 bits per heavy atom. The largest absolute Gasteiger partial charge is 0.494 e. The number of rotatable bonds is 8. The number of nitro benzene ring substituents is 1. The molecule has 0 amide bonds. The van der Waals surface area contributed by atoms with Gasteiger partial charge in [-0.15, -0.1) is 0 Å². The number of nitrogens with zero attached hydrogens (tertiary/aromatic N) is 2. The first kappa shape index (κ1) is 21.2. The van der Waals surface area contributed by atoms with E-state index in [2.05, 4.69) is 4.74 Å². The lowest BCUT2D eigenvalue weighted by molar-refractivity contribution is -0.384. The van der Waals surface area contributed by atoms with Crippen molar-refractivity contribution in [2.24, 2.45) is 0 Å². The van der Waals surface area contributed by atoms with Gasteiger partial charge in [0, 0.05) is 12.1 Å². The molecule has 0 fully saturated rings. The summed E-state index contributed by atoms with van der Waals surface area (Å²) in [7, 11) is -3.07. The Labute approximate surface area is 162 Å². The molecule has 0 bridgehead atoms. The molecule has 0 aliphatic rings. The molecule has 0 aliphatic heterocycles. The predicted molar refractivity (Wildman–Crippen MR) is 102 cm³/mol. The Morgan fingerprint density at radius 1 is 1.18 bits per heavy atom. The molecule has 2 aromatic carbocycles. The zero-order valence-corrected chi connectivity index (χ0v) is 16.4. The van der Waals surface area contributed by atoms with Gasteiger partial charge in [0.25, 0.3) is 15.7 Å². The van der Waals surface area contributed by atoms with Crippen LogP contribution in [0.1, 0.15) is 12.5 Å². The van der Waals surface area contributed by atoms with Crippen molar-refractivity contribution in [1.82, 2.24) is 0 Å². The van der Waals surface area contributed by atoms with Gasteiger partial charge in [0.2, 0.25) is 0 Å². The van der Waals surface area contributed by atoms with E-state index >= 15 is 0 Å². The molecule has 0 radical (unpaired) electrons. The van der Waals surface area contributed by atoms with Crippen LogP contribution in [-0.4, -0.2) is 39.6 Å². The highest BCUT2D eigenvalue weighted by Gasteiger charge is 2.30. The first-order valence-electron chi connectivity index (χ1n) is 8.28. The monoisotopic (exact) mass is 408 g/mol. The van der Waals surface area contributed by atoms with E-state index in [-0.39, 0.29) is 16.3 Å². The summed E-state index contributed by atoms with van der Waals surface area (Å²) in [6.07, 6.45) is 0. The third kappa shape index (κ3) is 4.58. The van der Waals surface area contributed by atoms with E-state index in [1.54, 1.807) is 13.8 Å². The average Bonchev–Trinajstić information content (AvgIpc) is 2.67. The third-order valence-electron chi connectivity index (χ3n) is 3.90. The molecule has 0 aliphatic carbocycles. The Morgan fingerprint density at radius 2 is 1.82 bits per heavy atom. The first-order chi connectivity index (χ1) is 13.2. The quantitative estimate of drug-likeness (QED) is 0.374. The molecule has 0 saturated carbocycles. The minimum atomic E-state index is -4.20. The van der Waals surface area contributed by atoms with Crippen molar-refractivity contribution in [3.8, 4) is 5.75 Å². The van der Waals surface area contributed by atoms with Gasteiger partial charge in [0.1, 0.15) is 12.3 Å². The molecule has 2 aromatic rings. The highest BCUT2D eigenvalue weighted by atomic mass is 32.2. The van der Waals surface area contributed by atoms with Crippen molar-refractivity contribution in [3.63, 3.8) is 0 Å². The molecule has 0 aromatic heterocycles. The summed E-state index contributed by atoms with van der Waals surface area (Å²) in [6, 6.07) is 9.48. The number of ether oxygens (including phenoxy) is 2. The van der Waals surface area contributed by atoms with E-state index in [1.165, 1.54) is 36.4 Å². The maximum absolute atomic E-state index is 13.2. The van der Waals surface area contributed by atoms with E-state index in [0.29, 0.717) is 17.9 Å². The Kier molecular flexibility index (Phi) is 6.57. The number of hydrogen-bond donors (Lipinski definition) is 0. The first-order valence-corrected chi connectivity index (χ1v) is 9.72. The topological polar surface area (TPSA) is 116 Å². The van der Waals surface area contributed by atoms with Crippen LogP contribution >= 0.6 is 0 Å². The molecule has 150 valence electrons. The number of methoxy groups -OCH3 is 1. The maximum atomic E-state index is 13.2. The highest BCUT2D eigenvalue weighted by Crippen LogP contribution is 2.31. The van der Waals surface area contributed by atoms with Crippen LogP contribution in [0.5, 0.6) is 5.75 Å². The molecule has 0 N–H and O–H groups in total. The summed E-state index contributed by atoms with van der Waals surface area (Å²) in [5, 5.41) is 11.1. The molecule has 9 nitrogen and oxygen atoms in total. The van der Waals surface area contributed by atoms with Gasteiger partial charge in [0.05, 0.1) is 29.2 Å². The number of anilines is 1. The van der Waals surface area contributed by atoms with Crippen LogP contribution in [0, 0.1) is 17.0 Å². The normalized spacial score (nSPS) is 11.0. The van der Waals surface area contributed by atoms with Gasteiger partial charge in [-0.2, -0.15) is 0 Å². The van der Waals surface area contributed by atoms with Crippen molar-refractivity contribution < 1.29 is 27.6 Å². The fourth-order valence-electron chi connectivity index (χ4n) is 2.46. The minimum absolute atomic E-state index is 0.0217. The molecule has 0 saturated heterocycles. The van der Waals surface area contributed by atoms with Crippen LogP contribution < -0.4 is 9.04 Å². The van der Waals surface area contributed by atoms with Crippen LogP contribution in [0.15, 0.2) is 47.4 Å². The second kappa shape index (κ2) is 8.70. The van der Waals surface area contributed by atoms with Gasteiger partial charge in [0.15, 0.2) is 0 Å². The van der Waals surface area contributed by atoms with Crippen LogP contribution in [0.2, 0.25) is 0 Å². The molecule has 10 heteroatoms. The van der Waals surface area contributed by atoms with E-state index in [1.807, 2.05) is 0 Å². The summed E-state index contributed by atoms with van der Waals surface area (Å²) < 4.78 is 37.1. The number of carbonyl (C=O) groups is 1. The fourth-order valence-corrected chi connectivity index (χ4v) is 3.93. The third-order valence-corrected chi connectivity index (χ3v) is 5.67. The number of nitro groups is 1. The van der Waals surface area contributed by atoms with Crippen molar-refractivity contribution in [2.75, 3.05) is 24.6 Å². The zero-order valence-electron chi connectivity index (χ0n) is 15.6. The summed E-state index contributed by atoms with van der Waals surface area (Å²) >= 11 is 0. The molecule has 28 heavy (non-hydrogen) atoms. The van der Waals surface area contributed by atoms with Crippen LogP contribution in [0.3, 0.4) is 0 Å². The van der Waals surface area contributed by atoms with E-state index < -0.39 is 27.5 Å². The molecule has 0 spiro atoms. The number of aryl methyl sites for hydroxylation is 1. The minimum Gasteiger partial charge on any atom is -0.494 e. The van der Waals surface area contributed by atoms with Crippen LogP contribution in [0.25, 0.3) is 0 Å². The predicted octanol–water partition coefficient (Wildman–Crippen LogP) is 2.67. The highest BCUT2D eigenvalue weighted by molar-refractivity contribution is 7.92. The second-order valence-corrected chi connectivity index (χ2v) is 7.58. The molecular weight excluding hydrogens is 388 g/mol. The number of esters is 1. The molecule has 0 atom stereocenters. The van der Waals surface area contributed by atoms with E-state index in [9.17, 15) is 23.3 Å². The van der Waals surface area contributed by atoms with Crippen molar-refractivity contribution in [2.45, 2.75) is 18.7 Å². The van der Waals surface area contributed by atoms with Gasteiger partial charge >= 0.3 is 5.97 Å². The standard InChI is InChI=1S/C18H20N2O7S/c1-4-27-15-7-9-16(10-8-15)28(24,25)19(12-18(21)26-3)17-11-14(20(22)23)6-5-13(17)2/h5-11H,4,12H2,1-3H3. The number of hydrogen-bond acceptors (Lipinski definition) is 7. The number of non-ortho nitro benzene ring substituents is 1. The lowest BCUT2D eigenvalue weighted by Gasteiger charge is -2.25. The van der Waals surface area contributed by atoms with Gasteiger partial charge in [-0.25, -0.2) is 8.42 Å². The van der Waals surface area contributed by atoms with Crippen LogP contribution in [0.4, 0.5) is 11.4 Å². The van der Waals surface area contributed by atoms with Crippen LogP contribution in [-0.2, 0) is 19.6 Å². The Balaban J connectivity index is 2.58. The van der Waals surface area contributed by atoms with Gasteiger partial charge in [-0.3, -0.25) is 19.2 Å². The summed E-state index contributed by atoms with van der Waals surface area (Å²) in [5.74, 6) is -0.312. The van der Waals surface area contributed by atoms with Crippen molar-refractivity contribution in [1.29, 1.82) is 0 Å². The smallest absolute Gasteiger partial charge is 0.326 e. The van der Waals surface area contributed by atoms with Gasteiger partial charge in [-0.1, -0.05) is 6.07 Å². The molecule has 2 rings (SSSR count). The van der Waals surface area contributed by atoms with Crippen molar-refractivity contribution in [3.05, 3.63) is 58.1 Å². The molecular formula is C18H20N2O7S. The summed E-state index contributed by atoms with van der Waals surface area (Å²) in [4.78, 5) is 22.2. The summed E-state index contributed by atoms with van der Waals surface area (Å²) in [6.45, 7) is 3.19. The van der Waals surface area contributed by atoms with E-state index in [0.717, 1.165) is 17.5 Å². The maximum Gasteiger partial charge on any atom is 0.326 e. The number of sulfonamides is 1. The SMILES string of the molecule is CCOc1ccc(S(=O)(=O)N(CC(=O)OC)c2cc([N+](=O)[O-])ccc2C)cc1. The second-order valence-electron chi connectivity index (χ2n) is 5.72. The average molecular weight is 408 g/mol. The fraction of sp³-hybridized carbons (Fsp3) is 0.278. The van der Waals surface area contributed by atoms with Crippen molar-refractivity contribution >= 4 is 27.4 Å². The Bertz CT molecular complexity index is 972. The summed E-state index contributed by atoms with van der Waals surface area (Å²) in [5.41, 5.74) is 0.176. The Hall–Kier alpha value is -3.14. The van der Waals surface area contributed by atoms with Gasteiger partial charge < -0.3 is 9.47 Å². The van der Waals surface area contributed by atoms with E-state index in [4.69, 9.17) is 4.74 Å².